The summed E-state index contributed by atoms with van der Waals surface area (Å²) in [5.41, 5.74) is 7.73. The molecule has 7 aromatic rings. The molecule has 1 aliphatic rings. The summed E-state index contributed by atoms with van der Waals surface area (Å²) in [6, 6.07) is 41.3. The van der Waals surface area contributed by atoms with Crippen LogP contribution in [0.15, 0.2) is 115 Å². The van der Waals surface area contributed by atoms with Gasteiger partial charge in [0.1, 0.15) is 0 Å². The van der Waals surface area contributed by atoms with Gasteiger partial charge in [-0.05, 0) is 44.5 Å². The standard InChI is InChI=1S/C41H33N4.Ir/c1-40(2)25-41(3,4)35-23-28(19-21-34(35)40)36-22-20-29(24-42-36)37-43-38(32-17-9-13-26-11-5-7-15-30(26)32)45-39(44-37)33-18-10-14-27-12-6-8-16-31(27)33;/h5-18,20-24H,25H2,1-4H3;/q-1;. The molecule has 0 N–H and O–H groups in total. The molecule has 227 valence electrons. The van der Waals surface area contributed by atoms with Crippen LogP contribution >= 0.6 is 0 Å². The molecular formula is C41H33IrN4-. The Morgan fingerprint density at radius 1 is 0.587 bits per heavy atom. The maximum absolute atomic E-state index is 5.08. The summed E-state index contributed by atoms with van der Waals surface area (Å²) in [5, 5.41) is 4.50. The van der Waals surface area contributed by atoms with Crippen LogP contribution in [0.3, 0.4) is 0 Å². The molecule has 5 aromatic carbocycles. The van der Waals surface area contributed by atoms with Crippen molar-refractivity contribution in [3.05, 3.63) is 133 Å². The summed E-state index contributed by atoms with van der Waals surface area (Å²) >= 11 is 0. The van der Waals surface area contributed by atoms with E-state index < -0.39 is 0 Å². The molecule has 0 atom stereocenters. The summed E-state index contributed by atoms with van der Waals surface area (Å²) < 4.78 is 0. The topological polar surface area (TPSA) is 51.6 Å². The van der Waals surface area contributed by atoms with Crippen molar-refractivity contribution in [3.8, 4) is 45.4 Å². The number of aromatic nitrogens is 4. The summed E-state index contributed by atoms with van der Waals surface area (Å²) in [5.74, 6) is 1.87. The maximum atomic E-state index is 5.08. The molecule has 0 fully saturated rings. The molecule has 0 amide bonds. The van der Waals surface area contributed by atoms with Crippen molar-refractivity contribution in [2.24, 2.45) is 0 Å². The predicted octanol–water partition coefficient (Wildman–Crippen LogP) is 10.00. The zero-order valence-corrected chi connectivity index (χ0v) is 28.7. The Labute approximate surface area is 283 Å². The molecule has 8 rings (SSSR count). The molecule has 0 spiro atoms. The van der Waals surface area contributed by atoms with Gasteiger partial charge in [-0.25, -0.2) is 15.0 Å². The minimum Gasteiger partial charge on any atom is -0.304 e. The number of hydrogen-bond donors (Lipinski definition) is 0. The van der Waals surface area contributed by atoms with Gasteiger partial charge in [0, 0.05) is 43.0 Å². The van der Waals surface area contributed by atoms with Gasteiger partial charge in [-0.1, -0.05) is 125 Å². The Morgan fingerprint density at radius 3 is 1.72 bits per heavy atom. The molecule has 1 radical (unpaired) electrons. The first kappa shape index (κ1) is 30.1. The number of fused-ring (bicyclic) bond motifs is 3. The average Bonchev–Trinajstić information content (AvgIpc) is 3.26. The van der Waals surface area contributed by atoms with E-state index in [-0.39, 0.29) is 30.9 Å². The van der Waals surface area contributed by atoms with Crippen LogP contribution in [0.25, 0.3) is 67.0 Å². The van der Waals surface area contributed by atoms with E-state index in [1.807, 2.05) is 6.20 Å². The number of benzene rings is 5. The van der Waals surface area contributed by atoms with E-state index in [1.54, 1.807) is 0 Å². The molecule has 1 aliphatic carbocycles. The third-order valence-corrected chi connectivity index (χ3v) is 9.29. The molecular weight excluding hydrogens is 741 g/mol. The molecule has 0 saturated carbocycles. The Hall–Kier alpha value is -4.57. The van der Waals surface area contributed by atoms with Gasteiger partial charge in [0.05, 0.1) is 0 Å². The van der Waals surface area contributed by atoms with Crippen molar-refractivity contribution in [1.82, 2.24) is 19.9 Å². The van der Waals surface area contributed by atoms with Crippen LogP contribution in [0.1, 0.15) is 45.2 Å². The Morgan fingerprint density at radius 2 is 1.13 bits per heavy atom. The largest absolute Gasteiger partial charge is 0.304 e. The SMILES string of the molecule is CC1(C)CC(C)(C)c2cc(-c3ccc(-c4nc(-c5cccc6ccccc56)nc(-c5cccc6ccccc56)n4)cn3)[c-]cc21.[Ir]. The van der Waals surface area contributed by atoms with Gasteiger partial charge < -0.3 is 4.98 Å². The first-order valence-corrected chi connectivity index (χ1v) is 15.5. The van der Waals surface area contributed by atoms with Crippen LogP contribution in [0.5, 0.6) is 0 Å². The smallest absolute Gasteiger partial charge is 0.165 e. The van der Waals surface area contributed by atoms with E-state index in [4.69, 9.17) is 19.9 Å². The summed E-state index contributed by atoms with van der Waals surface area (Å²) in [6.07, 6.45) is 3.00. The average molecular weight is 774 g/mol. The minimum absolute atomic E-state index is 0. The van der Waals surface area contributed by atoms with Gasteiger partial charge in [0.25, 0.3) is 0 Å². The minimum atomic E-state index is 0. The molecule has 2 heterocycles. The van der Waals surface area contributed by atoms with Gasteiger partial charge in [-0.2, -0.15) is 0 Å². The third kappa shape index (κ3) is 5.14. The molecule has 0 aliphatic heterocycles. The fourth-order valence-corrected chi connectivity index (χ4v) is 7.33. The van der Waals surface area contributed by atoms with Gasteiger partial charge in [0.2, 0.25) is 0 Å². The van der Waals surface area contributed by atoms with Crippen molar-refractivity contribution in [1.29, 1.82) is 0 Å². The van der Waals surface area contributed by atoms with Crippen LogP contribution < -0.4 is 0 Å². The molecule has 0 unspecified atom stereocenters. The fraction of sp³-hybridized carbons (Fsp3) is 0.171. The fourth-order valence-electron chi connectivity index (χ4n) is 7.33. The molecule has 46 heavy (non-hydrogen) atoms. The van der Waals surface area contributed by atoms with Crippen molar-refractivity contribution in [2.75, 3.05) is 0 Å². The third-order valence-electron chi connectivity index (χ3n) is 9.29. The Kier molecular flexibility index (Phi) is 7.43. The summed E-state index contributed by atoms with van der Waals surface area (Å²) in [4.78, 5) is 20.1. The molecule has 2 aromatic heterocycles. The second-order valence-electron chi connectivity index (χ2n) is 13.4. The van der Waals surface area contributed by atoms with E-state index >= 15 is 0 Å². The Bertz CT molecular complexity index is 2150. The second kappa shape index (κ2) is 11.3. The van der Waals surface area contributed by atoms with E-state index in [9.17, 15) is 0 Å². The van der Waals surface area contributed by atoms with Crippen LogP contribution in [0.2, 0.25) is 0 Å². The van der Waals surface area contributed by atoms with Crippen molar-refractivity contribution >= 4 is 21.5 Å². The van der Waals surface area contributed by atoms with Gasteiger partial charge in [-0.15, -0.1) is 34.9 Å². The summed E-state index contributed by atoms with van der Waals surface area (Å²) in [7, 11) is 0. The monoisotopic (exact) mass is 774 g/mol. The number of hydrogen-bond acceptors (Lipinski definition) is 4. The number of nitrogens with zero attached hydrogens (tertiary/aromatic N) is 4. The van der Waals surface area contributed by atoms with E-state index in [1.165, 1.54) is 11.1 Å². The van der Waals surface area contributed by atoms with Crippen LogP contribution in [0, 0.1) is 6.07 Å². The van der Waals surface area contributed by atoms with Crippen molar-refractivity contribution in [2.45, 2.75) is 44.9 Å². The van der Waals surface area contributed by atoms with E-state index in [0.717, 1.165) is 55.9 Å². The number of pyridine rings is 1. The molecule has 0 saturated heterocycles. The predicted molar refractivity (Wildman–Crippen MR) is 184 cm³/mol. The van der Waals surface area contributed by atoms with Gasteiger partial charge in [0.15, 0.2) is 17.5 Å². The zero-order chi connectivity index (χ0) is 30.8. The molecule has 4 nitrogen and oxygen atoms in total. The Balaban J connectivity index is 0.00000338. The first-order chi connectivity index (χ1) is 21.8. The normalized spacial score (nSPS) is 14.6. The van der Waals surface area contributed by atoms with Crippen LogP contribution in [-0.4, -0.2) is 19.9 Å². The van der Waals surface area contributed by atoms with E-state index in [0.29, 0.717) is 17.5 Å². The van der Waals surface area contributed by atoms with Crippen molar-refractivity contribution in [3.63, 3.8) is 0 Å². The van der Waals surface area contributed by atoms with Crippen molar-refractivity contribution < 1.29 is 20.1 Å². The first-order valence-electron chi connectivity index (χ1n) is 15.5. The van der Waals surface area contributed by atoms with Crippen LogP contribution in [-0.2, 0) is 30.9 Å². The molecule has 5 heteroatoms. The number of rotatable bonds is 4. The van der Waals surface area contributed by atoms with Gasteiger partial charge in [-0.3, -0.25) is 0 Å². The second-order valence-corrected chi connectivity index (χ2v) is 13.4. The quantitative estimate of drug-likeness (QED) is 0.167. The van der Waals surface area contributed by atoms with E-state index in [2.05, 4.69) is 143 Å². The molecule has 0 bridgehead atoms. The summed E-state index contributed by atoms with van der Waals surface area (Å²) in [6.45, 7) is 9.33. The van der Waals surface area contributed by atoms with Crippen LogP contribution in [0.4, 0.5) is 0 Å². The van der Waals surface area contributed by atoms with Gasteiger partial charge >= 0.3 is 0 Å². The maximum Gasteiger partial charge on any atom is 0.165 e. The zero-order valence-electron chi connectivity index (χ0n) is 26.3.